The molecular formula is C20H17N3O4. The van der Waals surface area contributed by atoms with Crippen LogP contribution in [0.3, 0.4) is 0 Å². The Hall–Kier alpha value is -3.35. The Morgan fingerprint density at radius 2 is 2.04 bits per heavy atom. The highest BCUT2D eigenvalue weighted by Gasteiger charge is 2.36. The number of rotatable bonds is 4. The van der Waals surface area contributed by atoms with Crippen molar-refractivity contribution in [3.63, 3.8) is 0 Å². The van der Waals surface area contributed by atoms with Gasteiger partial charge in [0.1, 0.15) is 0 Å². The summed E-state index contributed by atoms with van der Waals surface area (Å²) in [6, 6.07) is 10.6. The summed E-state index contributed by atoms with van der Waals surface area (Å²) < 4.78 is 10.4. The zero-order valence-corrected chi connectivity index (χ0v) is 14.5. The average molecular weight is 363 g/mol. The van der Waals surface area contributed by atoms with Gasteiger partial charge >= 0.3 is 0 Å². The molecule has 3 heterocycles. The van der Waals surface area contributed by atoms with E-state index in [9.17, 15) is 9.59 Å². The van der Waals surface area contributed by atoms with E-state index in [-0.39, 0.29) is 23.4 Å². The van der Waals surface area contributed by atoms with Gasteiger partial charge in [-0.25, -0.2) is 0 Å². The molecule has 1 N–H and O–H groups in total. The van der Waals surface area contributed by atoms with Crippen molar-refractivity contribution in [3.05, 3.63) is 53.9 Å². The molecule has 0 bridgehead atoms. The first-order valence-electron chi connectivity index (χ1n) is 8.95. The maximum absolute atomic E-state index is 12.4. The smallest absolute Gasteiger partial charge is 0.277 e. The predicted octanol–water partition coefficient (Wildman–Crippen LogP) is 3.49. The first kappa shape index (κ1) is 15.9. The highest BCUT2D eigenvalue weighted by molar-refractivity contribution is 6.04. The third kappa shape index (κ3) is 2.91. The van der Waals surface area contributed by atoms with Gasteiger partial charge in [0.2, 0.25) is 11.7 Å². The van der Waals surface area contributed by atoms with Gasteiger partial charge in [0, 0.05) is 29.9 Å². The lowest BCUT2D eigenvalue weighted by Gasteiger charge is -2.17. The molecule has 0 saturated heterocycles. The summed E-state index contributed by atoms with van der Waals surface area (Å²) in [4.78, 5) is 26.7. The fraction of sp³-hybridized carbons (Fsp3) is 0.250. The fourth-order valence-electron chi connectivity index (χ4n) is 3.37. The van der Waals surface area contributed by atoms with Crippen molar-refractivity contribution >= 4 is 23.2 Å². The number of benzene rings is 1. The summed E-state index contributed by atoms with van der Waals surface area (Å²) in [5.41, 5.74) is 2.86. The predicted molar refractivity (Wildman–Crippen MR) is 97.4 cm³/mol. The first-order valence-corrected chi connectivity index (χ1v) is 8.95. The van der Waals surface area contributed by atoms with Gasteiger partial charge in [-0.3, -0.25) is 9.59 Å². The lowest BCUT2D eigenvalue weighted by molar-refractivity contribution is -0.119. The second kappa shape index (κ2) is 6.12. The Bertz CT molecular complexity index is 1020. The molecule has 7 nitrogen and oxygen atoms in total. The van der Waals surface area contributed by atoms with Crippen LogP contribution in [0, 0.1) is 5.92 Å². The average Bonchev–Trinajstić information content (AvgIpc) is 3.08. The minimum atomic E-state index is -0.361. The highest BCUT2D eigenvalue weighted by Crippen LogP contribution is 2.37. The van der Waals surface area contributed by atoms with E-state index >= 15 is 0 Å². The van der Waals surface area contributed by atoms with E-state index in [4.69, 9.17) is 8.94 Å². The lowest BCUT2D eigenvalue weighted by Crippen LogP contribution is -2.30. The van der Waals surface area contributed by atoms with Gasteiger partial charge in [0.15, 0.2) is 11.5 Å². The van der Waals surface area contributed by atoms with Gasteiger partial charge in [-0.1, -0.05) is 5.16 Å². The quantitative estimate of drug-likeness (QED) is 0.766. The van der Waals surface area contributed by atoms with Crippen LogP contribution in [0.15, 0.2) is 51.6 Å². The van der Waals surface area contributed by atoms with E-state index < -0.39 is 0 Å². The summed E-state index contributed by atoms with van der Waals surface area (Å²) in [5.74, 6) is 0.970. The minimum absolute atomic E-state index is 0.174. The number of amides is 2. The number of nitrogens with zero attached hydrogens (tertiary/aromatic N) is 2. The number of nitrogens with one attached hydrogen (secondary N) is 1. The Labute approximate surface area is 154 Å². The van der Waals surface area contributed by atoms with Crippen molar-refractivity contribution in [1.29, 1.82) is 0 Å². The number of hydrogen-bond donors (Lipinski definition) is 1. The number of carbonyl (C=O) groups is 2. The van der Waals surface area contributed by atoms with Crippen molar-refractivity contribution < 1.29 is 18.5 Å². The highest BCUT2D eigenvalue weighted by atomic mass is 16.5. The monoisotopic (exact) mass is 363 g/mol. The first-order chi connectivity index (χ1) is 13.2. The van der Waals surface area contributed by atoms with Gasteiger partial charge in [-0.05, 0) is 55.2 Å². The van der Waals surface area contributed by atoms with Crippen molar-refractivity contribution in [3.8, 4) is 11.5 Å². The van der Waals surface area contributed by atoms with Gasteiger partial charge < -0.3 is 19.2 Å². The van der Waals surface area contributed by atoms with Crippen LogP contribution >= 0.6 is 0 Å². The van der Waals surface area contributed by atoms with Crippen molar-refractivity contribution in [2.45, 2.75) is 19.3 Å². The Balaban J connectivity index is 1.31. The standard InChI is InChI=1S/C20H17N3O4/c24-19(15-11-18(27-22-15)17-2-1-9-26-17)21-14-5-6-16-13(10-14)7-8-23(16)20(25)12-3-4-12/h1-2,5-6,9-12H,3-4,7-8H2,(H,21,24). The normalized spacial score (nSPS) is 15.6. The molecule has 2 amide bonds. The van der Waals surface area contributed by atoms with Crippen LogP contribution in [0.5, 0.6) is 0 Å². The molecule has 2 aliphatic rings. The van der Waals surface area contributed by atoms with Crippen LogP contribution in [-0.4, -0.2) is 23.5 Å². The van der Waals surface area contributed by atoms with Gasteiger partial charge in [0.05, 0.1) is 6.26 Å². The lowest BCUT2D eigenvalue weighted by atomic mass is 10.1. The molecule has 136 valence electrons. The summed E-state index contributed by atoms with van der Waals surface area (Å²) >= 11 is 0. The van der Waals surface area contributed by atoms with Crippen LogP contribution < -0.4 is 10.2 Å². The molecule has 5 rings (SSSR count). The number of aromatic nitrogens is 1. The molecule has 2 aromatic heterocycles. The van der Waals surface area contributed by atoms with Crippen LogP contribution in [0.2, 0.25) is 0 Å². The molecule has 27 heavy (non-hydrogen) atoms. The molecule has 0 radical (unpaired) electrons. The van der Waals surface area contributed by atoms with E-state index in [1.807, 2.05) is 23.1 Å². The molecule has 1 aliphatic carbocycles. The fourth-order valence-corrected chi connectivity index (χ4v) is 3.37. The summed E-state index contributed by atoms with van der Waals surface area (Å²) in [6.45, 7) is 0.706. The molecule has 1 aromatic carbocycles. The molecule has 0 spiro atoms. The SMILES string of the molecule is O=C(Nc1ccc2c(c1)CCN2C(=O)C1CC1)c1cc(-c2ccco2)on1. The van der Waals surface area contributed by atoms with E-state index in [1.54, 1.807) is 12.1 Å². The zero-order valence-electron chi connectivity index (χ0n) is 14.5. The maximum atomic E-state index is 12.4. The third-order valence-electron chi connectivity index (χ3n) is 4.93. The van der Waals surface area contributed by atoms with Crippen molar-refractivity contribution in [1.82, 2.24) is 5.16 Å². The number of furan rings is 1. The maximum Gasteiger partial charge on any atom is 0.277 e. The Morgan fingerprint density at radius 1 is 1.15 bits per heavy atom. The second-order valence-electron chi connectivity index (χ2n) is 6.87. The van der Waals surface area contributed by atoms with Crippen molar-refractivity contribution in [2.24, 2.45) is 5.92 Å². The topological polar surface area (TPSA) is 88.6 Å². The summed E-state index contributed by atoms with van der Waals surface area (Å²) in [7, 11) is 0. The van der Waals surface area contributed by atoms with Gasteiger partial charge in [0.25, 0.3) is 5.91 Å². The zero-order chi connectivity index (χ0) is 18.4. The van der Waals surface area contributed by atoms with Crippen LogP contribution in [0.1, 0.15) is 28.9 Å². The van der Waals surface area contributed by atoms with E-state index in [1.165, 1.54) is 12.3 Å². The van der Waals surface area contributed by atoms with E-state index in [2.05, 4.69) is 10.5 Å². The molecule has 1 saturated carbocycles. The van der Waals surface area contributed by atoms with E-state index in [0.717, 1.165) is 30.5 Å². The number of fused-ring (bicyclic) bond motifs is 1. The van der Waals surface area contributed by atoms with Crippen LogP contribution in [-0.2, 0) is 11.2 Å². The van der Waals surface area contributed by atoms with E-state index in [0.29, 0.717) is 23.8 Å². The molecule has 7 heteroatoms. The van der Waals surface area contributed by atoms with Gasteiger partial charge in [-0.2, -0.15) is 0 Å². The Kier molecular flexibility index (Phi) is 3.60. The number of carbonyl (C=O) groups excluding carboxylic acids is 2. The van der Waals surface area contributed by atoms with Gasteiger partial charge in [-0.15, -0.1) is 0 Å². The molecule has 1 aliphatic heterocycles. The number of anilines is 2. The number of hydrogen-bond acceptors (Lipinski definition) is 5. The minimum Gasteiger partial charge on any atom is -0.461 e. The molecule has 0 unspecified atom stereocenters. The molecular weight excluding hydrogens is 346 g/mol. The molecule has 0 atom stereocenters. The van der Waals surface area contributed by atoms with Crippen LogP contribution in [0.4, 0.5) is 11.4 Å². The summed E-state index contributed by atoms with van der Waals surface area (Å²) in [5, 5.41) is 6.63. The van der Waals surface area contributed by atoms with Crippen LogP contribution in [0.25, 0.3) is 11.5 Å². The Morgan fingerprint density at radius 3 is 2.81 bits per heavy atom. The third-order valence-corrected chi connectivity index (χ3v) is 4.93. The summed E-state index contributed by atoms with van der Waals surface area (Å²) in [6.07, 6.45) is 4.32. The second-order valence-corrected chi connectivity index (χ2v) is 6.87. The van der Waals surface area contributed by atoms with Crippen molar-refractivity contribution in [2.75, 3.05) is 16.8 Å². The largest absolute Gasteiger partial charge is 0.461 e. The molecule has 1 fully saturated rings. The molecule has 3 aromatic rings.